The Kier molecular flexibility index (Phi) is 7.72. The molecule has 12 heteroatoms. The van der Waals surface area contributed by atoms with Crippen LogP contribution >= 0.6 is 11.6 Å². The Morgan fingerprint density at radius 3 is 2.53 bits per heavy atom. The molecule has 8 atom stereocenters. The first-order valence-corrected chi connectivity index (χ1v) is 13.0. The van der Waals surface area contributed by atoms with Gasteiger partial charge in [0.25, 0.3) is 0 Å². The summed E-state index contributed by atoms with van der Waals surface area (Å²) in [5, 5.41) is 50.2. The predicted octanol–water partition coefficient (Wildman–Crippen LogP) is 1.09. The molecule has 0 amide bonds. The van der Waals surface area contributed by atoms with Gasteiger partial charge in [0, 0.05) is 0 Å². The Morgan fingerprint density at radius 1 is 1.20 bits per heavy atom. The number of benzene rings is 1. The topological polar surface area (TPSA) is 120 Å². The summed E-state index contributed by atoms with van der Waals surface area (Å²) in [6.07, 6.45) is -12.2. The zero-order valence-corrected chi connectivity index (χ0v) is 18.0. The zero-order chi connectivity index (χ0) is 22.2. The molecule has 0 bridgehead atoms. The molecule has 0 radical (unpaired) electrons. The van der Waals surface area contributed by atoms with E-state index in [1.165, 1.54) is 6.07 Å². The van der Waals surface area contributed by atoms with Crippen molar-refractivity contribution in [1.82, 2.24) is 0 Å². The maximum absolute atomic E-state index is 13.4. The van der Waals surface area contributed by atoms with Gasteiger partial charge >= 0.3 is 180 Å². The summed E-state index contributed by atoms with van der Waals surface area (Å²) < 4.78 is 51.0. The number of rotatable bonds is 5. The van der Waals surface area contributed by atoms with Crippen molar-refractivity contribution in [1.29, 1.82) is 0 Å². The molecule has 0 aromatic heterocycles. The molecule has 0 saturated carbocycles. The molecule has 0 spiro atoms. The number of aliphatic hydroxyl groups excluding tert-OH is 5. The fourth-order valence-electron chi connectivity index (χ4n) is 3.68. The Labute approximate surface area is 179 Å². The van der Waals surface area contributed by atoms with Crippen LogP contribution in [0.2, 0.25) is 20.5 Å². The van der Waals surface area contributed by atoms with Crippen LogP contribution in [-0.4, -0.2) is 83.2 Å². The normalized spacial score (nSPS) is 36.1. The van der Waals surface area contributed by atoms with E-state index >= 15 is 0 Å². The van der Waals surface area contributed by atoms with Gasteiger partial charge in [0.2, 0.25) is 0 Å². The number of aliphatic hydroxyl groups is 5. The average molecular weight is 523 g/mol. The number of ether oxygens (including phenoxy) is 2. The first kappa shape index (κ1) is 24.2. The first-order chi connectivity index (χ1) is 14.0. The van der Waals surface area contributed by atoms with Gasteiger partial charge in [-0.3, -0.25) is 0 Å². The van der Waals surface area contributed by atoms with Crippen LogP contribution in [0.25, 0.3) is 0 Å². The molecule has 1 aromatic rings. The Morgan fingerprint density at radius 2 is 1.90 bits per heavy atom. The summed E-state index contributed by atoms with van der Waals surface area (Å²) in [5.74, 6) is 0. The zero-order valence-electron chi connectivity index (χ0n) is 15.6. The maximum atomic E-state index is 13.4. The van der Waals surface area contributed by atoms with Crippen LogP contribution in [0, 0.1) is 0 Å². The fourth-order valence-corrected chi connectivity index (χ4v) is 9.57. The number of hydrogen-bond donors (Lipinski definition) is 5. The van der Waals surface area contributed by atoms with E-state index in [9.17, 15) is 38.7 Å². The van der Waals surface area contributed by atoms with Crippen molar-refractivity contribution in [3.63, 3.8) is 0 Å². The van der Waals surface area contributed by atoms with Gasteiger partial charge in [-0.1, -0.05) is 0 Å². The van der Waals surface area contributed by atoms with Crippen LogP contribution in [0.4, 0.5) is 13.2 Å². The summed E-state index contributed by atoms with van der Waals surface area (Å²) in [6.45, 7) is -0.738. The van der Waals surface area contributed by atoms with Crippen molar-refractivity contribution in [2.24, 2.45) is 0 Å². The molecule has 3 rings (SSSR count). The van der Waals surface area contributed by atoms with E-state index < -0.39 is 72.8 Å². The van der Waals surface area contributed by atoms with Gasteiger partial charge in [0.15, 0.2) is 0 Å². The van der Waals surface area contributed by atoms with E-state index in [0.717, 1.165) is 12.1 Å². The van der Waals surface area contributed by atoms with E-state index in [0.29, 0.717) is 0 Å². The van der Waals surface area contributed by atoms with Crippen molar-refractivity contribution in [3.05, 3.63) is 34.3 Å². The fraction of sp³-hybridized carbons (Fsp3) is 0.667. The Bertz CT molecular complexity index is 740. The second-order valence-corrected chi connectivity index (χ2v) is 12.6. The quantitative estimate of drug-likeness (QED) is 0.367. The van der Waals surface area contributed by atoms with Gasteiger partial charge in [-0.25, -0.2) is 0 Å². The third-order valence-corrected chi connectivity index (χ3v) is 11.5. The van der Waals surface area contributed by atoms with Crippen LogP contribution in [-0.2, 0) is 15.7 Å². The molecule has 2 aliphatic rings. The molecule has 7 nitrogen and oxygen atoms in total. The summed E-state index contributed by atoms with van der Waals surface area (Å²) in [7, 11) is 0. The molecular formula is C18H23ClF3O7Se+. The van der Waals surface area contributed by atoms with Gasteiger partial charge in [0.05, 0.1) is 0 Å². The van der Waals surface area contributed by atoms with E-state index in [-0.39, 0.29) is 28.9 Å². The molecule has 1 aromatic carbocycles. The van der Waals surface area contributed by atoms with Crippen molar-refractivity contribution >= 4 is 25.5 Å². The molecule has 30 heavy (non-hydrogen) atoms. The second kappa shape index (κ2) is 9.58. The van der Waals surface area contributed by atoms with E-state index in [1.54, 1.807) is 0 Å². The van der Waals surface area contributed by atoms with E-state index in [2.05, 4.69) is 0 Å². The summed E-state index contributed by atoms with van der Waals surface area (Å²) in [4.78, 5) is -0.553. The van der Waals surface area contributed by atoms with Crippen LogP contribution in [0.3, 0.4) is 0 Å². The van der Waals surface area contributed by atoms with Crippen LogP contribution < -0.4 is 0 Å². The molecular weight excluding hydrogens is 500 g/mol. The van der Waals surface area contributed by atoms with Gasteiger partial charge in [-0.2, -0.15) is 0 Å². The van der Waals surface area contributed by atoms with Crippen LogP contribution in [0.5, 0.6) is 0 Å². The van der Waals surface area contributed by atoms with Gasteiger partial charge in [-0.15, -0.1) is 0 Å². The number of alkyl halides is 3. The molecule has 2 saturated heterocycles. The number of hydrogen-bond acceptors (Lipinski definition) is 7. The van der Waals surface area contributed by atoms with Crippen molar-refractivity contribution in [2.75, 3.05) is 13.2 Å². The van der Waals surface area contributed by atoms with Gasteiger partial charge < -0.3 is 0 Å². The third kappa shape index (κ3) is 4.96. The Balaban J connectivity index is 1.78. The van der Waals surface area contributed by atoms with Crippen molar-refractivity contribution in [3.8, 4) is 0 Å². The van der Waals surface area contributed by atoms with Crippen molar-refractivity contribution in [2.45, 2.75) is 58.4 Å². The monoisotopic (exact) mass is 523 g/mol. The van der Waals surface area contributed by atoms with E-state index in [1.807, 2.05) is 0 Å². The third-order valence-electron chi connectivity index (χ3n) is 5.20. The Hall–Kier alpha value is -0.461. The summed E-state index contributed by atoms with van der Waals surface area (Å²) >= 11 is 4.09. The van der Waals surface area contributed by atoms with Crippen LogP contribution in [0.1, 0.15) is 17.4 Å². The van der Waals surface area contributed by atoms with Crippen molar-refractivity contribution < 1.29 is 48.2 Å². The van der Waals surface area contributed by atoms with Crippen LogP contribution in [0.15, 0.2) is 18.2 Å². The minimum absolute atomic E-state index is 0.0719. The molecule has 2 heterocycles. The predicted molar refractivity (Wildman–Crippen MR) is 100 cm³/mol. The van der Waals surface area contributed by atoms with Gasteiger partial charge in [0.1, 0.15) is 0 Å². The second-order valence-electron chi connectivity index (χ2n) is 7.25. The summed E-state index contributed by atoms with van der Waals surface area (Å²) in [5.41, 5.74) is -1.48. The molecule has 170 valence electrons. The SMILES string of the molecule is OC[C@@H]1[C@@H](O)[C@H](O)C[Se+]1C[C@@H](O)[C@H]1OC(c2c(Cl)cccc2C(F)(F)F)OC[C@H]1O. The minimum atomic E-state index is -4.71. The average Bonchev–Trinajstić information content (AvgIpc) is 2.94. The number of halogens is 4. The molecule has 5 N–H and O–H groups in total. The van der Waals surface area contributed by atoms with E-state index in [4.69, 9.17) is 21.1 Å². The molecule has 2 aliphatic heterocycles. The van der Waals surface area contributed by atoms with Gasteiger partial charge in [-0.05, 0) is 0 Å². The summed E-state index contributed by atoms with van der Waals surface area (Å²) in [6, 6.07) is 3.24. The first-order valence-electron chi connectivity index (χ1n) is 9.16. The standard InChI is InChI=1S/C18H23ClF3O7Se/c19-9-3-1-2-8(18(20,21)22)14(9)17-28-5-10(24)16(29-17)12(26)7-30-6-11(25)15(27)13(30)4-23/h1-3,10-13,15-17,23-27H,4-7H2/q+1/t10-,11-,12-,13-,15+,16+,17?,30?/m1/s1. The molecule has 2 fully saturated rings. The molecule has 0 aliphatic carbocycles. The molecule has 2 unspecified atom stereocenters.